The van der Waals surface area contributed by atoms with Gasteiger partial charge in [-0.3, -0.25) is 4.90 Å². The van der Waals surface area contributed by atoms with E-state index in [-0.39, 0.29) is 11.0 Å². The fourth-order valence-electron chi connectivity index (χ4n) is 4.41. The molecule has 170 valence electrons. The second-order valence-corrected chi connectivity index (χ2v) is 8.85. The predicted molar refractivity (Wildman–Crippen MR) is 121 cm³/mol. The van der Waals surface area contributed by atoms with E-state index in [1.807, 2.05) is 6.07 Å². The number of nitrogens with zero attached hydrogens (tertiary/aromatic N) is 5. The van der Waals surface area contributed by atoms with E-state index in [2.05, 4.69) is 25.7 Å². The van der Waals surface area contributed by atoms with Crippen LogP contribution in [0.3, 0.4) is 0 Å². The minimum absolute atomic E-state index is 0.278. The van der Waals surface area contributed by atoms with Crippen molar-refractivity contribution in [2.75, 3.05) is 23.3 Å². The summed E-state index contributed by atoms with van der Waals surface area (Å²) in [5.41, 5.74) is 0.436. The molecular formula is C23H22ClFN6O2. The number of nitrogens with one attached hydrogen (secondary N) is 1. The van der Waals surface area contributed by atoms with Crippen LogP contribution in [0.1, 0.15) is 25.7 Å². The van der Waals surface area contributed by atoms with E-state index < -0.39 is 11.7 Å². The predicted octanol–water partition coefficient (Wildman–Crippen LogP) is 4.72. The van der Waals surface area contributed by atoms with Gasteiger partial charge in [0.05, 0.1) is 12.2 Å². The first-order chi connectivity index (χ1) is 16.0. The van der Waals surface area contributed by atoms with Crippen molar-refractivity contribution < 1.29 is 13.9 Å². The van der Waals surface area contributed by atoms with Gasteiger partial charge in [0.1, 0.15) is 17.2 Å². The summed E-state index contributed by atoms with van der Waals surface area (Å²) in [6, 6.07) is 13.3. The second-order valence-electron chi connectivity index (χ2n) is 8.46. The number of anilines is 2. The standard InChI is InChI=1S/C23H22ClFN6O2/c24-19-6-8-21(30-28-19)31-14-23(33-22(31)32)11-9-15(10-12-23)13-26-20-7-5-18(27-29-20)16-3-1-2-4-17(16)25/h1-8,15H,9-14H2,(H,26,29)/t15-,23-. The topological polar surface area (TPSA) is 93.1 Å². The minimum Gasteiger partial charge on any atom is -0.441 e. The van der Waals surface area contributed by atoms with Crippen molar-refractivity contribution in [3.63, 3.8) is 0 Å². The SMILES string of the molecule is O=C1O[C@]2(CC[C@H](CNc3ccc(-c4ccccc4F)nn3)CC2)CN1c1ccc(Cl)nn1. The third-order valence-corrected chi connectivity index (χ3v) is 6.47. The molecule has 10 heteroatoms. The Balaban J connectivity index is 1.14. The zero-order valence-electron chi connectivity index (χ0n) is 17.7. The number of hydrogen-bond donors (Lipinski definition) is 1. The number of hydrogen-bond acceptors (Lipinski definition) is 7. The van der Waals surface area contributed by atoms with Gasteiger partial charge in [0.15, 0.2) is 11.0 Å². The Hall–Kier alpha value is -3.33. The van der Waals surface area contributed by atoms with Crippen LogP contribution in [0.2, 0.25) is 5.15 Å². The maximum Gasteiger partial charge on any atom is 0.416 e. The number of ether oxygens (including phenoxy) is 1. The molecular weight excluding hydrogens is 447 g/mol. The molecule has 33 heavy (non-hydrogen) atoms. The van der Waals surface area contributed by atoms with Crippen molar-refractivity contribution in [3.05, 3.63) is 59.5 Å². The van der Waals surface area contributed by atoms with Gasteiger partial charge in [0, 0.05) is 12.1 Å². The zero-order valence-corrected chi connectivity index (χ0v) is 18.5. The Morgan fingerprint density at radius 2 is 1.88 bits per heavy atom. The molecule has 1 amide bonds. The maximum atomic E-state index is 13.9. The Morgan fingerprint density at radius 3 is 2.58 bits per heavy atom. The average molecular weight is 469 g/mol. The minimum atomic E-state index is -0.490. The number of aromatic nitrogens is 4. The first kappa shape index (κ1) is 21.5. The van der Waals surface area contributed by atoms with Crippen LogP contribution in [-0.4, -0.2) is 45.2 Å². The normalized spacial score (nSPS) is 22.4. The molecule has 8 nitrogen and oxygen atoms in total. The molecule has 5 rings (SSSR count). The van der Waals surface area contributed by atoms with Crippen molar-refractivity contribution in [1.29, 1.82) is 0 Å². The smallest absolute Gasteiger partial charge is 0.416 e. The number of rotatable bonds is 5. The van der Waals surface area contributed by atoms with Crippen molar-refractivity contribution in [1.82, 2.24) is 20.4 Å². The molecule has 0 radical (unpaired) electrons. The van der Waals surface area contributed by atoms with Crippen molar-refractivity contribution in [2.45, 2.75) is 31.3 Å². The summed E-state index contributed by atoms with van der Waals surface area (Å²) in [5, 5.41) is 19.7. The Bertz CT molecular complexity index is 1140. The highest BCUT2D eigenvalue weighted by Gasteiger charge is 2.48. The molecule has 0 unspecified atom stereocenters. The van der Waals surface area contributed by atoms with Gasteiger partial charge in [-0.15, -0.1) is 20.4 Å². The van der Waals surface area contributed by atoms with E-state index in [4.69, 9.17) is 16.3 Å². The molecule has 2 fully saturated rings. The van der Waals surface area contributed by atoms with Gasteiger partial charge < -0.3 is 10.1 Å². The summed E-state index contributed by atoms with van der Waals surface area (Å²) in [6.45, 7) is 1.20. The first-order valence-electron chi connectivity index (χ1n) is 10.8. The van der Waals surface area contributed by atoms with Crippen LogP contribution < -0.4 is 10.2 Å². The fraction of sp³-hybridized carbons (Fsp3) is 0.348. The van der Waals surface area contributed by atoms with E-state index in [9.17, 15) is 9.18 Å². The van der Waals surface area contributed by atoms with Crippen LogP contribution in [0.4, 0.5) is 20.8 Å². The number of carbonyl (C=O) groups excluding carboxylic acids is 1. The van der Waals surface area contributed by atoms with E-state index >= 15 is 0 Å². The van der Waals surface area contributed by atoms with Gasteiger partial charge in [0.25, 0.3) is 0 Å². The second kappa shape index (κ2) is 8.90. The summed E-state index contributed by atoms with van der Waals surface area (Å²) in [6.07, 6.45) is 3.00. The molecule has 3 heterocycles. The van der Waals surface area contributed by atoms with Crippen molar-refractivity contribution >= 4 is 29.3 Å². The number of amides is 1. The molecule has 0 bridgehead atoms. The molecule has 1 aromatic carbocycles. The van der Waals surface area contributed by atoms with Gasteiger partial charge in [-0.25, -0.2) is 9.18 Å². The first-order valence-corrected chi connectivity index (χ1v) is 11.2. The highest BCUT2D eigenvalue weighted by Crippen LogP contribution is 2.40. The van der Waals surface area contributed by atoms with Crippen LogP contribution in [0.15, 0.2) is 48.5 Å². The maximum absolute atomic E-state index is 13.9. The lowest BCUT2D eigenvalue weighted by molar-refractivity contribution is 0.0148. The van der Waals surface area contributed by atoms with Gasteiger partial charge >= 0.3 is 6.09 Å². The average Bonchev–Trinajstić information content (AvgIpc) is 3.15. The summed E-state index contributed by atoms with van der Waals surface area (Å²) in [4.78, 5) is 14.0. The van der Waals surface area contributed by atoms with Gasteiger partial charge in [-0.1, -0.05) is 23.7 Å². The number of carbonyl (C=O) groups is 1. The van der Waals surface area contributed by atoms with E-state index in [1.165, 1.54) is 11.0 Å². The third-order valence-electron chi connectivity index (χ3n) is 6.27. The lowest BCUT2D eigenvalue weighted by Gasteiger charge is -2.35. The highest BCUT2D eigenvalue weighted by molar-refractivity contribution is 6.29. The van der Waals surface area contributed by atoms with Crippen LogP contribution in [0, 0.1) is 11.7 Å². The summed E-state index contributed by atoms with van der Waals surface area (Å²) >= 11 is 5.79. The Labute approximate surface area is 195 Å². The van der Waals surface area contributed by atoms with E-state index in [0.717, 1.165) is 32.2 Å². The molecule has 1 N–H and O–H groups in total. The third kappa shape index (κ3) is 4.59. The van der Waals surface area contributed by atoms with Crippen LogP contribution in [0.25, 0.3) is 11.3 Å². The zero-order chi connectivity index (χ0) is 22.8. The van der Waals surface area contributed by atoms with Gasteiger partial charge in [-0.05, 0) is 68.0 Å². The monoisotopic (exact) mass is 468 g/mol. The Morgan fingerprint density at radius 1 is 1.06 bits per heavy atom. The molecule has 1 saturated heterocycles. The van der Waals surface area contributed by atoms with Gasteiger partial charge in [0.2, 0.25) is 0 Å². The molecule has 0 atom stereocenters. The fourth-order valence-corrected chi connectivity index (χ4v) is 4.51. The molecule has 1 spiro atoms. The number of benzene rings is 1. The van der Waals surface area contributed by atoms with Crippen LogP contribution in [-0.2, 0) is 4.74 Å². The lowest BCUT2D eigenvalue weighted by atomic mass is 9.78. The molecule has 2 aromatic heterocycles. The van der Waals surface area contributed by atoms with Gasteiger partial charge in [-0.2, -0.15) is 0 Å². The number of halogens is 2. The van der Waals surface area contributed by atoms with Crippen LogP contribution >= 0.6 is 11.6 Å². The molecule has 1 aliphatic carbocycles. The molecule has 3 aromatic rings. The summed E-state index contributed by atoms with van der Waals surface area (Å²) in [5.74, 6) is 1.20. The van der Waals surface area contributed by atoms with Crippen LogP contribution in [0.5, 0.6) is 0 Å². The van der Waals surface area contributed by atoms with Crippen molar-refractivity contribution in [3.8, 4) is 11.3 Å². The largest absolute Gasteiger partial charge is 0.441 e. The molecule has 1 saturated carbocycles. The Kier molecular flexibility index (Phi) is 5.80. The quantitative estimate of drug-likeness (QED) is 0.578. The lowest BCUT2D eigenvalue weighted by Crippen LogP contribution is -2.39. The van der Waals surface area contributed by atoms with Crippen molar-refractivity contribution in [2.24, 2.45) is 5.92 Å². The summed E-state index contributed by atoms with van der Waals surface area (Å²) < 4.78 is 19.7. The highest BCUT2D eigenvalue weighted by atomic mass is 35.5. The van der Waals surface area contributed by atoms with E-state index in [1.54, 1.807) is 36.4 Å². The molecule has 1 aliphatic heterocycles. The van der Waals surface area contributed by atoms with E-state index in [0.29, 0.717) is 35.4 Å². The summed E-state index contributed by atoms with van der Waals surface area (Å²) in [7, 11) is 0. The molecule has 2 aliphatic rings.